The number of para-hydroxylation sites is 3. The predicted octanol–water partition coefficient (Wildman–Crippen LogP) is 13.1. The maximum Gasteiger partial charge on any atom is 0.137 e. The van der Waals surface area contributed by atoms with Gasteiger partial charge in [-0.25, -0.2) is 0 Å². The Hall–Kier alpha value is -6.84. The zero-order chi connectivity index (χ0) is 33.5. The van der Waals surface area contributed by atoms with Crippen LogP contribution >= 0.6 is 0 Å². The Morgan fingerprint density at radius 3 is 1.53 bits per heavy atom. The molecule has 0 aliphatic carbocycles. The minimum Gasteiger partial charge on any atom is -0.456 e. The Morgan fingerprint density at radius 1 is 0.275 bits per heavy atom. The third kappa shape index (κ3) is 4.25. The van der Waals surface area contributed by atoms with Crippen LogP contribution in [0.25, 0.3) is 99.2 Å². The van der Waals surface area contributed by atoms with Crippen LogP contribution in [-0.2, 0) is 0 Å². The summed E-state index contributed by atoms with van der Waals surface area (Å²) in [6.07, 6.45) is 0. The van der Waals surface area contributed by atoms with Gasteiger partial charge in [0, 0.05) is 49.8 Å². The van der Waals surface area contributed by atoms with Gasteiger partial charge < -0.3 is 13.6 Å². The van der Waals surface area contributed by atoms with Gasteiger partial charge in [0.15, 0.2) is 0 Å². The molecule has 3 aromatic heterocycles. The van der Waals surface area contributed by atoms with Crippen LogP contribution in [0.1, 0.15) is 0 Å². The zero-order valence-electron chi connectivity index (χ0n) is 27.6. The highest BCUT2D eigenvalue weighted by molar-refractivity contribution is 6.19. The van der Waals surface area contributed by atoms with Crippen molar-refractivity contribution in [2.24, 2.45) is 0 Å². The number of hydrogen-bond acceptors (Lipinski definition) is 1. The molecule has 11 rings (SSSR count). The van der Waals surface area contributed by atoms with E-state index in [0.717, 1.165) is 38.8 Å². The molecule has 0 radical (unpaired) electrons. The molecular formula is C48H30N2O. The van der Waals surface area contributed by atoms with E-state index in [0.29, 0.717) is 0 Å². The van der Waals surface area contributed by atoms with Gasteiger partial charge in [0.25, 0.3) is 0 Å². The molecule has 3 heterocycles. The molecule has 3 heteroatoms. The van der Waals surface area contributed by atoms with E-state index in [4.69, 9.17) is 4.42 Å². The Labute approximate surface area is 293 Å². The van der Waals surface area contributed by atoms with E-state index in [9.17, 15) is 0 Å². The van der Waals surface area contributed by atoms with E-state index in [1.54, 1.807) is 0 Å². The lowest BCUT2D eigenvalue weighted by Crippen LogP contribution is -1.96. The van der Waals surface area contributed by atoms with Gasteiger partial charge >= 0.3 is 0 Å². The Kier molecular flexibility index (Phi) is 5.96. The van der Waals surface area contributed by atoms with Crippen LogP contribution in [0.5, 0.6) is 0 Å². The molecule has 238 valence electrons. The molecular weight excluding hydrogens is 621 g/mol. The molecule has 8 aromatic carbocycles. The lowest BCUT2D eigenvalue weighted by molar-refractivity contribution is 0.668. The Balaban J connectivity index is 1.15. The largest absolute Gasteiger partial charge is 0.456 e. The van der Waals surface area contributed by atoms with Crippen molar-refractivity contribution in [1.82, 2.24) is 9.13 Å². The van der Waals surface area contributed by atoms with Gasteiger partial charge in [0.2, 0.25) is 0 Å². The van der Waals surface area contributed by atoms with Crippen LogP contribution in [0.3, 0.4) is 0 Å². The SMILES string of the molecule is c1ccc(-c2cccc(-c3cccc(-n4c5ccccc5c5cc6c7ccccc7n(-c7ccc8c(c7)oc7ccccc78)c6cc54)c3)c2)cc1. The molecule has 0 unspecified atom stereocenters. The smallest absolute Gasteiger partial charge is 0.137 e. The molecule has 0 fully saturated rings. The van der Waals surface area contributed by atoms with Gasteiger partial charge in [-0.15, -0.1) is 0 Å². The molecule has 0 bridgehead atoms. The van der Waals surface area contributed by atoms with Crippen molar-refractivity contribution >= 4 is 65.6 Å². The lowest BCUT2D eigenvalue weighted by atomic mass is 9.99. The number of hydrogen-bond donors (Lipinski definition) is 0. The monoisotopic (exact) mass is 650 g/mol. The topological polar surface area (TPSA) is 23.0 Å². The summed E-state index contributed by atoms with van der Waals surface area (Å²) in [5.41, 5.74) is 13.5. The summed E-state index contributed by atoms with van der Waals surface area (Å²) >= 11 is 0. The van der Waals surface area contributed by atoms with Gasteiger partial charge in [-0.3, -0.25) is 0 Å². The first kappa shape index (κ1) is 28.0. The second kappa shape index (κ2) is 10.8. The number of aromatic nitrogens is 2. The van der Waals surface area contributed by atoms with Gasteiger partial charge in [-0.1, -0.05) is 115 Å². The average Bonchev–Trinajstić information content (AvgIpc) is 3.84. The lowest BCUT2D eigenvalue weighted by Gasteiger charge is -2.12. The summed E-state index contributed by atoms with van der Waals surface area (Å²) in [6.45, 7) is 0. The third-order valence-electron chi connectivity index (χ3n) is 10.5. The fraction of sp³-hybridized carbons (Fsp3) is 0. The maximum atomic E-state index is 6.37. The quantitative estimate of drug-likeness (QED) is 0.186. The van der Waals surface area contributed by atoms with E-state index in [2.05, 4.69) is 179 Å². The minimum atomic E-state index is 0.892. The van der Waals surface area contributed by atoms with Gasteiger partial charge in [0.1, 0.15) is 11.2 Å². The molecule has 0 saturated carbocycles. The predicted molar refractivity (Wildman–Crippen MR) is 213 cm³/mol. The first-order valence-electron chi connectivity index (χ1n) is 17.4. The van der Waals surface area contributed by atoms with Crippen molar-refractivity contribution in [3.63, 3.8) is 0 Å². The highest BCUT2D eigenvalue weighted by Crippen LogP contribution is 2.41. The zero-order valence-corrected chi connectivity index (χ0v) is 27.6. The first-order chi connectivity index (χ1) is 25.3. The number of benzene rings is 8. The normalized spacial score (nSPS) is 11.9. The second-order valence-electron chi connectivity index (χ2n) is 13.4. The molecule has 0 aliphatic heterocycles. The molecule has 0 amide bonds. The van der Waals surface area contributed by atoms with Crippen molar-refractivity contribution in [1.29, 1.82) is 0 Å². The summed E-state index contributed by atoms with van der Waals surface area (Å²) < 4.78 is 11.2. The fourth-order valence-corrected chi connectivity index (χ4v) is 8.17. The third-order valence-corrected chi connectivity index (χ3v) is 10.5. The van der Waals surface area contributed by atoms with E-state index < -0.39 is 0 Å². The number of nitrogens with zero attached hydrogens (tertiary/aromatic N) is 2. The van der Waals surface area contributed by atoms with Crippen LogP contribution in [0.15, 0.2) is 186 Å². The summed E-state index contributed by atoms with van der Waals surface area (Å²) in [7, 11) is 0. The van der Waals surface area contributed by atoms with Crippen LogP contribution in [-0.4, -0.2) is 9.13 Å². The van der Waals surface area contributed by atoms with Gasteiger partial charge in [-0.2, -0.15) is 0 Å². The summed E-state index contributed by atoms with van der Waals surface area (Å²) in [5, 5.41) is 7.22. The Bertz CT molecular complexity index is 3140. The van der Waals surface area contributed by atoms with E-state index in [-0.39, 0.29) is 0 Å². The summed E-state index contributed by atoms with van der Waals surface area (Å²) in [4.78, 5) is 0. The number of rotatable bonds is 4. The van der Waals surface area contributed by atoms with Crippen LogP contribution in [0, 0.1) is 0 Å². The van der Waals surface area contributed by atoms with E-state index in [1.807, 2.05) is 12.1 Å². The second-order valence-corrected chi connectivity index (χ2v) is 13.4. The molecule has 0 atom stereocenters. The molecule has 11 aromatic rings. The van der Waals surface area contributed by atoms with Crippen LogP contribution < -0.4 is 0 Å². The van der Waals surface area contributed by atoms with E-state index in [1.165, 1.54) is 60.3 Å². The molecule has 3 nitrogen and oxygen atoms in total. The number of fused-ring (bicyclic) bond motifs is 9. The van der Waals surface area contributed by atoms with Gasteiger partial charge in [-0.05, 0) is 82.9 Å². The minimum absolute atomic E-state index is 0.892. The molecule has 51 heavy (non-hydrogen) atoms. The summed E-state index contributed by atoms with van der Waals surface area (Å²) in [6, 6.07) is 65.6. The number of furan rings is 1. The Morgan fingerprint density at radius 2 is 0.804 bits per heavy atom. The van der Waals surface area contributed by atoms with Gasteiger partial charge in [0.05, 0.1) is 22.1 Å². The highest BCUT2D eigenvalue weighted by atomic mass is 16.3. The van der Waals surface area contributed by atoms with Crippen molar-refractivity contribution < 1.29 is 4.42 Å². The summed E-state index contributed by atoms with van der Waals surface area (Å²) in [5.74, 6) is 0. The first-order valence-corrected chi connectivity index (χ1v) is 17.4. The standard InChI is InChI=1S/C48H30N2O/c1-2-12-31(13-3-1)32-14-10-15-33(26-32)34-16-11-17-35(27-34)49-43-21-7-4-18-37(43)41-29-42-38-19-5-8-22-44(38)50(46(42)30-45(41)49)36-24-25-40-39-20-6-9-23-47(39)51-48(40)28-36/h1-30H. The molecule has 0 spiro atoms. The van der Waals surface area contributed by atoms with Crippen molar-refractivity contribution in [2.75, 3.05) is 0 Å². The van der Waals surface area contributed by atoms with Crippen molar-refractivity contribution in [2.45, 2.75) is 0 Å². The van der Waals surface area contributed by atoms with Crippen molar-refractivity contribution in [3.8, 4) is 33.6 Å². The molecule has 0 aliphatic rings. The molecule has 0 saturated heterocycles. The van der Waals surface area contributed by atoms with Crippen LogP contribution in [0.2, 0.25) is 0 Å². The molecule has 0 N–H and O–H groups in total. The van der Waals surface area contributed by atoms with Crippen LogP contribution in [0.4, 0.5) is 0 Å². The fourth-order valence-electron chi connectivity index (χ4n) is 8.17. The van der Waals surface area contributed by atoms with E-state index >= 15 is 0 Å². The highest BCUT2D eigenvalue weighted by Gasteiger charge is 2.19. The maximum absolute atomic E-state index is 6.37. The average molecular weight is 651 g/mol. The van der Waals surface area contributed by atoms with Crippen molar-refractivity contribution in [3.05, 3.63) is 182 Å².